The van der Waals surface area contributed by atoms with Crippen molar-refractivity contribution in [3.63, 3.8) is 0 Å². The van der Waals surface area contributed by atoms with Crippen LogP contribution in [0.4, 0.5) is 0 Å². The minimum absolute atomic E-state index is 0.0460. The summed E-state index contributed by atoms with van der Waals surface area (Å²) in [6, 6.07) is 0.0460. The summed E-state index contributed by atoms with van der Waals surface area (Å²) in [5.41, 5.74) is 0.189. The molecule has 0 aliphatic carbocycles. The van der Waals surface area contributed by atoms with Crippen LogP contribution in [0.5, 0.6) is 0 Å². The molecule has 0 heterocycles. The van der Waals surface area contributed by atoms with E-state index in [1.54, 1.807) is 0 Å². The van der Waals surface area contributed by atoms with E-state index in [1.807, 2.05) is 13.8 Å². The van der Waals surface area contributed by atoms with Gasteiger partial charge in [0.1, 0.15) is 0 Å². The zero-order valence-corrected chi connectivity index (χ0v) is 13.1. The highest BCUT2D eigenvalue weighted by Gasteiger charge is 2.19. The summed E-state index contributed by atoms with van der Waals surface area (Å²) in [5.74, 6) is 0.474. The molecule has 0 saturated heterocycles. The van der Waals surface area contributed by atoms with E-state index >= 15 is 0 Å². The van der Waals surface area contributed by atoms with Gasteiger partial charge in [-0.1, -0.05) is 27.2 Å². The number of nitrogens with one attached hydrogen (secondary N) is 2. The molecule has 0 aromatic heterocycles. The summed E-state index contributed by atoms with van der Waals surface area (Å²) in [7, 11) is 0. The number of ketones is 1. The fourth-order valence-corrected chi connectivity index (χ4v) is 1.93. The van der Waals surface area contributed by atoms with Crippen LogP contribution in [0, 0.1) is 5.92 Å². The van der Waals surface area contributed by atoms with Crippen molar-refractivity contribution in [2.24, 2.45) is 5.92 Å². The molecular weight excluding hydrogens is 224 g/mol. The van der Waals surface area contributed by atoms with E-state index in [0.29, 0.717) is 5.78 Å². The predicted molar refractivity (Wildman–Crippen MR) is 78.9 cm³/mol. The van der Waals surface area contributed by atoms with Crippen molar-refractivity contribution in [2.75, 3.05) is 13.1 Å². The van der Waals surface area contributed by atoms with Crippen molar-refractivity contribution in [2.45, 2.75) is 72.4 Å². The highest BCUT2D eigenvalue weighted by Crippen LogP contribution is 2.08. The molecule has 3 nitrogen and oxygen atoms in total. The Labute approximate surface area is 113 Å². The summed E-state index contributed by atoms with van der Waals surface area (Å²) in [4.78, 5) is 12.0. The number of carbonyl (C=O) groups excluding carboxylic acids is 1. The zero-order chi connectivity index (χ0) is 14.2. The van der Waals surface area contributed by atoms with Crippen LogP contribution >= 0.6 is 0 Å². The largest absolute Gasteiger partial charge is 0.312 e. The second kappa shape index (κ2) is 8.65. The second-order valence-corrected chi connectivity index (χ2v) is 6.34. The van der Waals surface area contributed by atoms with Crippen molar-refractivity contribution in [3.8, 4) is 0 Å². The summed E-state index contributed by atoms with van der Waals surface area (Å²) >= 11 is 0. The van der Waals surface area contributed by atoms with E-state index in [2.05, 4.69) is 38.3 Å². The molecule has 0 spiro atoms. The van der Waals surface area contributed by atoms with Gasteiger partial charge in [0.2, 0.25) is 0 Å². The maximum absolute atomic E-state index is 12.0. The van der Waals surface area contributed by atoms with Gasteiger partial charge >= 0.3 is 0 Å². The van der Waals surface area contributed by atoms with Crippen LogP contribution < -0.4 is 10.6 Å². The van der Waals surface area contributed by atoms with E-state index in [-0.39, 0.29) is 17.5 Å². The number of Topliss-reactive ketones (excluding diaryl/α,β-unsaturated/α-hetero) is 1. The van der Waals surface area contributed by atoms with Gasteiger partial charge in [-0.05, 0) is 46.7 Å². The average molecular weight is 256 g/mol. The standard InChI is InChI=1S/C15H32N2O/c1-7-16-13(14(18)12(2)3)10-8-9-11-17-15(4,5)6/h12-13,16-17H,7-11H2,1-6H3/t13-/m1/s1. The maximum Gasteiger partial charge on any atom is 0.152 e. The number of likely N-dealkylation sites (N-methyl/N-ethyl adjacent to an activating group) is 1. The molecule has 0 bridgehead atoms. The molecule has 1 atom stereocenters. The van der Waals surface area contributed by atoms with Gasteiger partial charge in [0.15, 0.2) is 5.78 Å². The molecule has 18 heavy (non-hydrogen) atoms. The monoisotopic (exact) mass is 256 g/mol. The van der Waals surface area contributed by atoms with E-state index in [4.69, 9.17) is 0 Å². The van der Waals surface area contributed by atoms with Crippen molar-refractivity contribution < 1.29 is 4.79 Å². The van der Waals surface area contributed by atoms with Crippen LogP contribution in [0.2, 0.25) is 0 Å². The fourth-order valence-electron chi connectivity index (χ4n) is 1.93. The van der Waals surface area contributed by atoms with E-state index in [0.717, 1.165) is 32.4 Å². The Morgan fingerprint density at radius 3 is 2.22 bits per heavy atom. The average Bonchev–Trinajstić information content (AvgIpc) is 2.24. The Bertz CT molecular complexity index is 231. The molecule has 0 unspecified atom stereocenters. The lowest BCUT2D eigenvalue weighted by molar-refractivity contribution is -0.124. The normalized spacial score (nSPS) is 13.9. The van der Waals surface area contributed by atoms with E-state index < -0.39 is 0 Å². The summed E-state index contributed by atoms with van der Waals surface area (Å²) < 4.78 is 0. The molecule has 0 fully saturated rings. The zero-order valence-electron chi connectivity index (χ0n) is 13.1. The van der Waals surface area contributed by atoms with Gasteiger partial charge in [-0.3, -0.25) is 4.79 Å². The molecule has 0 aromatic carbocycles. The number of rotatable bonds is 9. The first kappa shape index (κ1) is 17.6. The van der Waals surface area contributed by atoms with Crippen LogP contribution in [0.25, 0.3) is 0 Å². The smallest absolute Gasteiger partial charge is 0.152 e. The topological polar surface area (TPSA) is 41.1 Å². The Kier molecular flexibility index (Phi) is 8.45. The van der Waals surface area contributed by atoms with Crippen LogP contribution in [-0.4, -0.2) is 30.5 Å². The van der Waals surface area contributed by atoms with Gasteiger partial charge in [0.25, 0.3) is 0 Å². The molecule has 2 N–H and O–H groups in total. The Balaban J connectivity index is 3.88. The second-order valence-electron chi connectivity index (χ2n) is 6.34. The highest BCUT2D eigenvalue weighted by atomic mass is 16.1. The lowest BCUT2D eigenvalue weighted by atomic mass is 9.97. The Hall–Kier alpha value is -0.410. The van der Waals surface area contributed by atoms with Crippen molar-refractivity contribution in [1.82, 2.24) is 10.6 Å². The molecule has 0 amide bonds. The summed E-state index contributed by atoms with van der Waals surface area (Å²) in [6.45, 7) is 14.4. The maximum atomic E-state index is 12.0. The van der Waals surface area contributed by atoms with E-state index in [1.165, 1.54) is 0 Å². The van der Waals surface area contributed by atoms with Crippen molar-refractivity contribution in [1.29, 1.82) is 0 Å². The highest BCUT2D eigenvalue weighted by molar-refractivity contribution is 5.85. The van der Waals surface area contributed by atoms with Crippen LogP contribution in [0.3, 0.4) is 0 Å². The van der Waals surface area contributed by atoms with Gasteiger partial charge in [-0.25, -0.2) is 0 Å². The number of hydrogen-bond donors (Lipinski definition) is 2. The third kappa shape index (κ3) is 8.65. The first-order valence-corrected chi connectivity index (χ1v) is 7.30. The predicted octanol–water partition coefficient (Wildman–Crippen LogP) is 2.75. The lowest BCUT2D eigenvalue weighted by Crippen LogP contribution is -2.39. The summed E-state index contributed by atoms with van der Waals surface area (Å²) in [5, 5.41) is 6.78. The van der Waals surface area contributed by atoms with Crippen LogP contribution in [0.15, 0.2) is 0 Å². The number of hydrogen-bond acceptors (Lipinski definition) is 3. The quantitative estimate of drug-likeness (QED) is 0.623. The molecule has 0 saturated carbocycles. The summed E-state index contributed by atoms with van der Waals surface area (Å²) in [6.07, 6.45) is 3.18. The molecule has 0 aliphatic rings. The minimum Gasteiger partial charge on any atom is -0.312 e. The minimum atomic E-state index is 0.0460. The molecule has 0 radical (unpaired) electrons. The van der Waals surface area contributed by atoms with Crippen LogP contribution in [-0.2, 0) is 4.79 Å². The molecule has 0 aliphatic heterocycles. The van der Waals surface area contributed by atoms with Crippen molar-refractivity contribution in [3.05, 3.63) is 0 Å². The van der Waals surface area contributed by atoms with Gasteiger partial charge in [0, 0.05) is 11.5 Å². The van der Waals surface area contributed by atoms with Gasteiger partial charge in [-0.2, -0.15) is 0 Å². The third-order valence-corrected chi connectivity index (χ3v) is 2.94. The number of carbonyl (C=O) groups is 1. The molecule has 0 aromatic rings. The lowest BCUT2D eigenvalue weighted by Gasteiger charge is -2.21. The van der Waals surface area contributed by atoms with Gasteiger partial charge in [0.05, 0.1) is 6.04 Å². The Morgan fingerprint density at radius 2 is 1.78 bits per heavy atom. The fraction of sp³-hybridized carbons (Fsp3) is 0.933. The van der Waals surface area contributed by atoms with Crippen molar-refractivity contribution >= 4 is 5.78 Å². The number of unbranched alkanes of at least 4 members (excludes halogenated alkanes) is 1. The molecular formula is C15H32N2O. The van der Waals surface area contributed by atoms with Gasteiger partial charge < -0.3 is 10.6 Å². The third-order valence-electron chi connectivity index (χ3n) is 2.94. The molecule has 108 valence electrons. The Morgan fingerprint density at radius 1 is 1.17 bits per heavy atom. The van der Waals surface area contributed by atoms with Crippen LogP contribution in [0.1, 0.15) is 60.8 Å². The molecule has 0 rings (SSSR count). The first-order chi connectivity index (χ1) is 8.28. The van der Waals surface area contributed by atoms with Gasteiger partial charge in [-0.15, -0.1) is 0 Å². The first-order valence-electron chi connectivity index (χ1n) is 7.30. The SMILES string of the molecule is CCN[C@H](CCCCNC(C)(C)C)C(=O)C(C)C. The van der Waals surface area contributed by atoms with E-state index in [9.17, 15) is 4.79 Å². The molecule has 3 heteroatoms.